The number of halogens is 1. The number of nitrogens with two attached hydrogens (primary N) is 1. The smallest absolute Gasteiger partial charge is 0.414 e. The largest absolute Gasteiger partial charge is 0.442 e. The molecule has 3 N–H and O–H groups in total. The van der Waals surface area contributed by atoms with Crippen LogP contribution in [0.2, 0.25) is 0 Å². The van der Waals surface area contributed by atoms with Crippen LogP contribution in [-0.2, 0) is 17.7 Å². The minimum absolute atomic E-state index is 0.148. The van der Waals surface area contributed by atoms with Gasteiger partial charge < -0.3 is 20.7 Å². The fraction of sp³-hybridized carbons (Fsp3) is 0.333. The van der Waals surface area contributed by atoms with E-state index in [0.717, 1.165) is 13.0 Å². The van der Waals surface area contributed by atoms with Crippen molar-refractivity contribution in [2.24, 2.45) is 5.73 Å². The highest BCUT2D eigenvalue weighted by Crippen LogP contribution is 2.32. The second-order valence-corrected chi connectivity index (χ2v) is 7.98. The average Bonchev–Trinajstić information content (AvgIpc) is 3.25. The van der Waals surface area contributed by atoms with Gasteiger partial charge in [-0.25, -0.2) is 9.18 Å². The number of thiocarbonyl (C=S) groups is 1. The van der Waals surface area contributed by atoms with E-state index < -0.39 is 6.09 Å². The van der Waals surface area contributed by atoms with Crippen LogP contribution in [0.4, 0.5) is 20.6 Å². The summed E-state index contributed by atoms with van der Waals surface area (Å²) in [6.07, 6.45) is 0.0308. The number of anilines is 2. The van der Waals surface area contributed by atoms with E-state index in [1.807, 2.05) is 4.90 Å². The van der Waals surface area contributed by atoms with Gasteiger partial charge >= 0.3 is 6.09 Å². The number of hydrogen-bond acceptors (Lipinski definition) is 5. The molecule has 9 heteroatoms. The molecular formula is C18H19FN4O2S2. The summed E-state index contributed by atoms with van der Waals surface area (Å²) in [5.41, 5.74) is 7.68. The van der Waals surface area contributed by atoms with Gasteiger partial charge in [0.25, 0.3) is 0 Å². The van der Waals surface area contributed by atoms with Gasteiger partial charge in [0.2, 0.25) is 0 Å². The Morgan fingerprint density at radius 3 is 3.07 bits per heavy atom. The summed E-state index contributed by atoms with van der Waals surface area (Å²) in [4.78, 5) is 16.9. The molecule has 1 amide bonds. The number of amides is 1. The van der Waals surface area contributed by atoms with Crippen molar-refractivity contribution < 1.29 is 13.9 Å². The Bertz CT molecular complexity index is 888. The van der Waals surface area contributed by atoms with Crippen LogP contribution < -0.4 is 20.9 Å². The highest BCUT2D eigenvalue weighted by Gasteiger charge is 2.33. The molecule has 0 spiro atoms. The van der Waals surface area contributed by atoms with Crippen molar-refractivity contribution in [2.45, 2.75) is 19.1 Å². The van der Waals surface area contributed by atoms with Gasteiger partial charge in [-0.2, -0.15) is 0 Å². The Labute approximate surface area is 165 Å². The van der Waals surface area contributed by atoms with Gasteiger partial charge in [0.15, 0.2) is 5.11 Å². The molecule has 1 aromatic heterocycles. The quantitative estimate of drug-likeness (QED) is 0.761. The van der Waals surface area contributed by atoms with Crippen LogP contribution in [0.15, 0.2) is 29.6 Å². The predicted octanol–water partition coefficient (Wildman–Crippen LogP) is 2.61. The predicted molar refractivity (Wildman–Crippen MR) is 108 cm³/mol. The van der Waals surface area contributed by atoms with Crippen LogP contribution in [0.5, 0.6) is 0 Å². The molecule has 6 nitrogen and oxygen atoms in total. The number of nitrogens with zero attached hydrogens (tertiary/aromatic N) is 2. The molecule has 4 rings (SSSR count). The Morgan fingerprint density at radius 2 is 2.30 bits per heavy atom. The van der Waals surface area contributed by atoms with E-state index in [1.54, 1.807) is 23.5 Å². The van der Waals surface area contributed by atoms with Crippen molar-refractivity contribution in [2.75, 3.05) is 29.4 Å². The first-order valence-corrected chi connectivity index (χ1v) is 9.91. The number of benzene rings is 1. The number of fused-ring (bicyclic) bond motifs is 1. The molecule has 1 aromatic carbocycles. The van der Waals surface area contributed by atoms with Gasteiger partial charge in [-0.15, -0.1) is 11.3 Å². The maximum Gasteiger partial charge on any atom is 0.414 e. The average molecular weight is 407 g/mol. The summed E-state index contributed by atoms with van der Waals surface area (Å²) in [6.45, 7) is 2.12. The van der Waals surface area contributed by atoms with Gasteiger partial charge in [0.1, 0.15) is 11.9 Å². The lowest BCUT2D eigenvalue weighted by molar-refractivity contribution is 0.143. The summed E-state index contributed by atoms with van der Waals surface area (Å²) in [5.74, 6) is -0.344. The molecule has 3 heterocycles. The highest BCUT2D eigenvalue weighted by molar-refractivity contribution is 7.80. The summed E-state index contributed by atoms with van der Waals surface area (Å²) in [7, 11) is 0. The van der Waals surface area contributed by atoms with Crippen molar-refractivity contribution in [3.63, 3.8) is 0 Å². The van der Waals surface area contributed by atoms with E-state index in [-0.39, 0.29) is 17.0 Å². The van der Waals surface area contributed by atoms with Gasteiger partial charge in [0.05, 0.1) is 24.5 Å². The zero-order valence-corrected chi connectivity index (χ0v) is 16.1. The third kappa shape index (κ3) is 3.70. The van der Waals surface area contributed by atoms with Crippen LogP contribution in [-0.4, -0.2) is 36.9 Å². The topological polar surface area (TPSA) is 70.8 Å². The van der Waals surface area contributed by atoms with Crippen LogP contribution in [0.3, 0.4) is 0 Å². The molecule has 0 aliphatic carbocycles. The lowest BCUT2D eigenvalue weighted by Crippen LogP contribution is -2.37. The van der Waals surface area contributed by atoms with Gasteiger partial charge in [-0.1, -0.05) is 0 Å². The molecule has 1 saturated heterocycles. The number of thiophene rings is 1. The number of ether oxygens (including phenoxy) is 1. The molecular weight excluding hydrogens is 387 g/mol. The normalized spacial score (nSPS) is 19.0. The van der Waals surface area contributed by atoms with Crippen molar-refractivity contribution in [1.29, 1.82) is 0 Å². The fourth-order valence-electron chi connectivity index (χ4n) is 3.43. The Kier molecular flexibility index (Phi) is 4.88. The number of carbonyl (C=O) groups is 1. The van der Waals surface area contributed by atoms with Crippen molar-refractivity contribution >= 4 is 46.1 Å². The second-order valence-electron chi connectivity index (χ2n) is 6.54. The number of cyclic esters (lactones) is 1. The first-order valence-electron chi connectivity index (χ1n) is 8.62. The summed E-state index contributed by atoms with van der Waals surface area (Å²) < 4.78 is 20.1. The molecule has 2 aromatic rings. The Hall–Kier alpha value is -2.39. The number of hydrogen-bond donors (Lipinski definition) is 2. The Morgan fingerprint density at radius 1 is 1.44 bits per heavy atom. The first-order chi connectivity index (χ1) is 13.0. The molecule has 1 atom stereocenters. The van der Waals surface area contributed by atoms with Crippen LogP contribution in [0.25, 0.3) is 0 Å². The van der Waals surface area contributed by atoms with Crippen molar-refractivity contribution in [3.8, 4) is 0 Å². The van der Waals surface area contributed by atoms with E-state index in [9.17, 15) is 9.18 Å². The van der Waals surface area contributed by atoms with Gasteiger partial charge in [-0.05, 0) is 53.8 Å². The fourth-order valence-corrected chi connectivity index (χ4v) is 4.40. The molecule has 0 unspecified atom stereocenters. The molecule has 1 fully saturated rings. The molecule has 27 heavy (non-hydrogen) atoms. The Balaban J connectivity index is 1.47. The van der Waals surface area contributed by atoms with Crippen molar-refractivity contribution in [3.05, 3.63) is 45.9 Å². The van der Waals surface area contributed by atoms with Gasteiger partial charge in [0, 0.05) is 18.0 Å². The lowest BCUT2D eigenvalue weighted by Gasteiger charge is -2.29. The summed E-state index contributed by atoms with van der Waals surface area (Å²) in [6, 6.07) is 6.98. The molecule has 0 saturated carbocycles. The number of carbonyl (C=O) groups excluding carboxylic acids is 1. The van der Waals surface area contributed by atoms with Crippen LogP contribution >= 0.6 is 23.6 Å². The third-order valence-electron chi connectivity index (χ3n) is 4.77. The first kappa shape index (κ1) is 18.0. The number of rotatable bonds is 4. The van der Waals surface area contributed by atoms with Crippen LogP contribution in [0, 0.1) is 5.82 Å². The molecule has 142 valence electrons. The second kappa shape index (κ2) is 7.32. The molecule has 0 radical (unpaired) electrons. The standard InChI is InChI=1S/C18H19FN4O2S2/c19-14-7-12(23-10-13(25-18(23)24)8-21-17(20)26)1-2-15(14)22-5-3-16-11(9-22)4-6-27-16/h1-2,4,6-7,13H,3,5,8-10H2,(H3,20,21,26)/t13-/m0/s1. The monoisotopic (exact) mass is 406 g/mol. The molecule has 2 aliphatic heterocycles. The molecule has 0 bridgehead atoms. The van der Waals surface area contributed by atoms with E-state index in [4.69, 9.17) is 22.7 Å². The summed E-state index contributed by atoms with van der Waals surface area (Å²) >= 11 is 6.51. The van der Waals surface area contributed by atoms with E-state index in [1.165, 1.54) is 21.4 Å². The van der Waals surface area contributed by atoms with Gasteiger partial charge in [-0.3, -0.25) is 4.90 Å². The lowest BCUT2D eigenvalue weighted by atomic mass is 10.1. The van der Waals surface area contributed by atoms with Crippen molar-refractivity contribution in [1.82, 2.24) is 5.32 Å². The summed E-state index contributed by atoms with van der Waals surface area (Å²) in [5, 5.41) is 5.00. The molecule has 2 aliphatic rings. The zero-order valence-electron chi connectivity index (χ0n) is 14.5. The van der Waals surface area contributed by atoms with E-state index in [2.05, 4.69) is 16.8 Å². The third-order valence-corrected chi connectivity index (χ3v) is 5.94. The van der Waals surface area contributed by atoms with E-state index in [0.29, 0.717) is 31.0 Å². The maximum absolute atomic E-state index is 14.8. The maximum atomic E-state index is 14.8. The minimum atomic E-state index is -0.502. The SMILES string of the molecule is NC(=S)NC[C@H]1CN(c2ccc(N3CCc4sccc4C3)c(F)c2)C(=O)O1. The zero-order chi connectivity index (χ0) is 19.0. The number of nitrogens with one attached hydrogen (secondary N) is 1. The van der Waals surface area contributed by atoms with Crippen LogP contribution in [0.1, 0.15) is 10.4 Å². The van der Waals surface area contributed by atoms with E-state index >= 15 is 0 Å². The highest BCUT2D eigenvalue weighted by atomic mass is 32.1. The minimum Gasteiger partial charge on any atom is -0.442 e.